The van der Waals surface area contributed by atoms with Crippen molar-refractivity contribution >= 4 is 0 Å². The SMILES string of the molecule is CC(C)(C)c1nc(C(N)COC2CCC2)no1. The lowest BCUT2D eigenvalue weighted by Gasteiger charge is -2.26. The molecule has 1 aliphatic carbocycles. The van der Waals surface area contributed by atoms with E-state index in [9.17, 15) is 0 Å². The van der Waals surface area contributed by atoms with Crippen LogP contribution in [0, 0.1) is 0 Å². The average Bonchev–Trinajstić information content (AvgIpc) is 2.62. The van der Waals surface area contributed by atoms with Gasteiger partial charge < -0.3 is 15.0 Å². The first-order valence-electron chi connectivity index (χ1n) is 6.18. The van der Waals surface area contributed by atoms with Crippen molar-refractivity contribution in [3.8, 4) is 0 Å². The molecule has 5 heteroatoms. The Morgan fingerprint density at radius 2 is 2.18 bits per heavy atom. The molecule has 1 atom stereocenters. The smallest absolute Gasteiger partial charge is 0.232 e. The van der Waals surface area contributed by atoms with Gasteiger partial charge in [-0.25, -0.2) is 0 Å². The Balaban J connectivity index is 1.89. The van der Waals surface area contributed by atoms with Crippen LogP contribution >= 0.6 is 0 Å². The quantitative estimate of drug-likeness (QED) is 0.869. The Morgan fingerprint density at radius 1 is 1.47 bits per heavy atom. The van der Waals surface area contributed by atoms with Gasteiger partial charge in [-0.2, -0.15) is 4.98 Å². The molecule has 0 spiro atoms. The Labute approximate surface area is 102 Å². The van der Waals surface area contributed by atoms with E-state index < -0.39 is 0 Å². The molecule has 2 N–H and O–H groups in total. The summed E-state index contributed by atoms with van der Waals surface area (Å²) in [4.78, 5) is 4.32. The summed E-state index contributed by atoms with van der Waals surface area (Å²) in [5, 5.41) is 3.91. The minimum absolute atomic E-state index is 0.139. The lowest BCUT2D eigenvalue weighted by atomic mass is 9.96. The van der Waals surface area contributed by atoms with Crippen LogP contribution in [0.2, 0.25) is 0 Å². The number of nitrogens with zero attached hydrogens (tertiary/aromatic N) is 2. The lowest BCUT2D eigenvalue weighted by Crippen LogP contribution is -2.27. The molecule has 0 bridgehead atoms. The summed E-state index contributed by atoms with van der Waals surface area (Å²) in [6.45, 7) is 6.55. The normalized spacial score (nSPS) is 19.1. The molecule has 1 heterocycles. The van der Waals surface area contributed by atoms with Crippen LogP contribution in [0.3, 0.4) is 0 Å². The fourth-order valence-corrected chi connectivity index (χ4v) is 1.54. The summed E-state index contributed by atoms with van der Waals surface area (Å²) < 4.78 is 10.8. The van der Waals surface area contributed by atoms with Gasteiger partial charge in [-0.3, -0.25) is 0 Å². The molecule has 5 nitrogen and oxygen atoms in total. The van der Waals surface area contributed by atoms with Gasteiger partial charge in [0.15, 0.2) is 5.82 Å². The molecule has 0 aromatic carbocycles. The van der Waals surface area contributed by atoms with Crippen molar-refractivity contribution in [2.45, 2.75) is 57.6 Å². The molecule has 1 aromatic heterocycles. The highest BCUT2D eigenvalue weighted by Gasteiger charge is 2.25. The van der Waals surface area contributed by atoms with Crippen LogP contribution in [0.4, 0.5) is 0 Å². The van der Waals surface area contributed by atoms with Crippen LogP contribution in [0.15, 0.2) is 4.52 Å². The maximum atomic E-state index is 5.97. The van der Waals surface area contributed by atoms with Crippen LogP contribution in [0.25, 0.3) is 0 Å². The van der Waals surface area contributed by atoms with Gasteiger partial charge in [0.25, 0.3) is 0 Å². The Morgan fingerprint density at radius 3 is 2.65 bits per heavy atom. The van der Waals surface area contributed by atoms with Gasteiger partial charge in [-0.05, 0) is 19.3 Å². The molecule has 1 saturated carbocycles. The van der Waals surface area contributed by atoms with E-state index in [1.807, 2.05) is 20.8 Å². The Bertz CT molecular complexity index is 366. The number of nitrogens with two attached hydrogens (primary N) is 1. The molecule has 1 aliphatic rings. The fraction of sp³-hybridized carbons (Fsp3) is 0.833. The molecule has 2 rings (SSSR count). The maximum absolute atomic E-state index is 5.97. The molecular weight excluding hydrogens is 218 g/mol. The van der Waals surface area contributed by atoms with Crippen LogP contribution in [0.1, 0.15) is 57.8 Å². The second-order valence-corrected chi connectivity index (χ2v) is 5.70. The zero-order valence-electron chi connectivity index (χ0n) is 10.8. The van der Waals surface area contributed by atoms with Gasteiger partial charge in [0.1, 0.15) is 0 Å². The van der Waals surface area contributed by atoms with E-state index in [-0.39, 0.29) is 11.5 Å². The minimum atomic E-state index is -0.296. The molecule has 0 aliphatic heterocycles. The van der Waals surface area contributed by atoms with Crippen LogP contribution < -0.4 is 5.73 Å². The van der Waals surface area contributed by atoms with E-state index in [0.29, 0.717) is 24.4 Å². The first kappa shape index (κ1) is 12.5. The lowest BCUT2D eigenvalue weighted by molar-refractivity contribution is -0.00549. The van der Waals surface area contributed by atoms with Crippen LogP contribution in [0.5, 0.6) is 0 Å². The van der Waals surface area contributed by atoms with Gasteiger partial charge in [0.2, 0.25) is 5.89 Å². The monoisotopic (exact) mass is 239 g/mol. The van der Waals surface area contributed by atoms with Gasteiger partial charge in [0.05, 0.1) is 18.8 Å². The van der Waals surface area contributed by atoms with Crippen molar-refractivity contribution in [3.05, 3.63) is 11.7 Å². The first-order chi connectivity index (χ1) is 7.97. The molecule has 1 aromatic rings. The van der Waals surface area contributed by atoms with Crippen molar-refractivity contribution in [1.29, 1.82) is 0 Å². The number of hydrogen-bond donors (Lipinski definition) is 1. The zero-order valence-corrected chi connectivity index (χ0v) is 10.8. The molecule has 96 valence electrons. The highest BCUT2D eigenvalue weighted by molar-refractivity contribution is 5.01. The van der Waals surface area contributed by atoms with Gasteiger partial charge in [-0.1, -0.05) is 25.9 Å². The highest BCUT2D eigenvalue weighted by Crippen LogP contribution is 2.24. The summed E-state index contributed by atoms with van der Waals surface area (Å²) in [5.74, 6) is 1.15. The fourth-order valence-electron chi connectivity index (χ4n) is 1.54. The average molecular weight is 239 g/mol. The van der Waals surface area contributed by atoms with E-state index in [1.165, 1.54) is 6.42 Å². The number of hydrogen-bond acceptors (Lipinski definition) is 5. The molecule has 0 saturated heterocycles. The zero-order chi connectivity index (χ0) is 12.5. The Kier molecular flexibility index (Phi) is 3.49. The summed E-state index contributed by atoms with van der Waals surface area (Å²) in [7, 11) is 0. The largest absolute Gasteiger partial charge is 0.376 e. The van der Waals surface area contributed by atoms with Gasteiger partial charge >= 0.3 is 0 Å². The van der Waals surface area contributed by atoms with E-state index >= 15 is 0 Å². The molecule has 17 heavy (non-hydrogen) atoms. The Hall–Kier alpha value is -0.940. The summed E-state index contributed by atoms with van der Waals surface area (Å²) in [5.41, 5.74) is 5.83. The summed E-state index contributed by atoms with van der Waals surface area (Å²) >= 11 is 0. The third-order valence-corrected chi connectivity index (χ3v) is 2.98. The second kappa shape index (κ2) is 4.74. The summed E-state index contributed by atoms with van der Waals surface area (Å²) in [6, 6.07) is -0.296. The predicted octanol–water partition coefficient (Wildman–Crippen LogP) is 1.94. The van der Waals surface area contributed by atoms with Gasteiger partial charge in [0, 0.05) is 5.41 Å². The summed E-state index contributed by atoms with van der Waals surface area (Å²) in [6.07, 6.45) is 3.93. The van der Waals surface area contributed by atoms with Crippen molar-refractivity contribution in [1.82, 2.24) is 10.1 Å². The molecule has 1 unspecified atom stereocenters. The molecule has 1 fully saturated rings. The van der Waals surface area contributed by atoms with E-state index in [4.69, 9.17) is 15.0 Å². The molecular formula is C12H21N3O2. The van der Waals surface area contributed by atoms with Crippen molar-refractivity contribution in [2.75, 3.05) is 6.61 Å². The van der Waals surface area contributed by atoms with Gasteiger partial charge in [-0.15, -0.1) is 0 Å². The van der Waals surface area contributed by atoms with E-state index in [0.717, 1.165) is 12.8 Å². The second-order valence-electron chi connectivity index (χ2n) is 5.70. The van der Waals surface area contributed by atoms with Crippen molar-refractivity contribution < 1.29 is 9.26 Å². The topological polar surface area (TPSA) is 74.2 Å². The minimum Gasteiger partial charge on any atom is -0.376 e. The van der Waals surface area contributed by atoms with E-state index in [1.54, 1.807) is 0 Å². The van der Waals surface area contributed by atoms with Crippen LogP contribution in [-0.2, 0) is 10.2 Å². The first-order valence-corrected chi connectivity index (χ1v) is 6.18. The number of aromatic nitrogens is 2. The van der Waals surface area contributed by atoms with Crippen molar-refractivity contribution in [3.63, 3.8) is 0 Å². The predicted molar refractivity (Wildman–Crippen MR) is 63.5 cm³/mol. The van der Waals surface area contributed by atoms with Crippen molar-refractivity contribution in [2.24, 2.45) is 5.73 Å². The maximum Gasteiger partial charge on any atom is 0.232 e. The number of rotatable bonds is 4. The number of ether oxygens (including phenoxy) is 1. The molecule has 0 radical (unpaired) electrons. The van der Waals surface area contributed by atoms with Crippen LogP contribution in [-0.4, -0.2) is 22.9 Å². The third-order valence-electron chi connectivity index (χ3n) is 2.98. The standard InChI is InChI=1S/C12H21N3O2/c1-12(2,3)11-14-10(15-17-11)9(13)7-16-8-5-4-6-8/h8-9H,4-7,13H2,1-3H3. The molecule has 0 amide bonds. The highest BCUT2D eigenvalue weighted by atomic mass is 16.5. The van der Waals surface area contributed by atoms with E-state index in [2.05, 4.69) is 10.1 Å². The third kappa shape index (κ3) is 3.04.